The molecule has 0 spiro atoms. The Hall–Kier alpha value is -4.73. The van der Waals surface area contributed by atoms with Crippen LogP contribution < -0.4 is 16.0 Å². The molecule has 14 heteroatoms. The van der Waals surface area contributed by atoms with Crippen molar-refractivity contribution in [3.8, 4) is 34.5 Å². The van der Waals surface area contributed by atoms with Crippen LogP contribution in [0.2, 0.25) is 10.0 Å². The molecule has 0 atom stereocenters. The largest absolute Gasteiger partial charge is 0.454 e. The number of rotatable bonds is 4. The highest BCUT2D eigenvalue weighted by molar-refractivity contribution is 6.37. The SMILES string of the molecule is Cc1cc(-c2ccnc(C(F)(F)F)c2)nc2ccc(Oc3c(Cl)cc(-n4nc(C#N)c(=O)[nH]c4=O)cc3Cl)cc12. The first-order valence-corrected chi connectivity index (χ1v) is 12.0. The van der Waals surface area contributed by atoms with Gasteiger partial charge in [0, 0.05) is 17.1 Å². The summed E-state index contributed by atoms with van der Waals surface area (Å²) in [6, 6.07) is 13.2. The summed E-state index contributed by atoms with van der Waals surface area (Å²) in [6.07, 6.45) is -3.50. The van der Waals surface area contributed by atoms with Crippen molar-refractivity contribution in [1.29, 1.82) is 5.26 Å². The van der Waals surface area contributed by atoms with Crippen LogP contribution in [-0.2, 0) is 6.18 Å². The lowest BCUT2D eigenvalue weighted by Gasteiger charge is -2.14. The summed E-state index contributed by atoms with van der Waals surface area (Å²) in [5, 5.41) is 13.4. The molecule has 9 nitrogen and oxygen atoms in total. The van der Waals surface area contributed by atoms with E-state index in [2.05, 4.69) is 15.1 Å². The van der Waals surface area contributed by atoms with Crippen molar-refractivity contribution in [3.63, 3.8) is 0 Å². The highest BCUT2D eigenvalue weighted by Gasteiger charge is 2.32. The number of H-pyrrole nitrogens is 1. The molecule has 3 aromatic heterocycles. The maximum atomic E-state index is 13.1. The van der Waals surface area contributed by atoms with Gasteiger partial charge in [-0.15, -0.1) is 5.10 Å². The number of aromatic nitrogens is 5. The average Bonchev–Trinajstić information content (AvgIpc) is 2.90. The van der Waals surface area contributed by atoms with Gasteiger partial charge in [0.15, 0.2) is 5.75 Å². The number of aryl methyl sites for hydroxylation is 1. The monoisotopic (exact) mass is 584 g/mol. The molecule has 0 fully saturated rings. The van der Waals surface area contributed by atoms with Crippen LogP contribution in [0.3, 0.4) is 0 Å². The molecule has 1 N–H and O–H groups in total. The van der Waals surface area contributed by atoms with Gasteiger partial charge < -0.3 is 4.74 Å². The molecule has 5 rings (SSSR count). The second-order valence-electron chi connectivity index (χ2n) is 8.40. The van der Waals surface area contributed by atoms with Gasteiger partial charge in [-0.25, -0.2) is 9.78 Å². The second kappa shape index (κ2) is 10.1. The van der Waals surface area contributed by atoms with Crippen LogP contribution in [0.5, 0.6) is 11.5 Å². The normalized spacial score (nSPS) is 11.4. The molecule has 200 valence electrons. The van der Waals surface area contributed by atoms with E-state index < -0.39 is 28.8 Å². The third-order valence-electron chi connectivity index (χ3n) is 5.71. The van der Waals surface area contributed by atoms with Gasteiger partial charge in [-0.05, 0) is 61.0 Å². The fraction of sp³-hybridized carbons (Fsp3) is 0.0769. The number of alkyl halides is 3. The minimum Gasteiger partial charge on any atom is -0.454 e. The lowest BCUT2D eigenvalue weighted by Crippen LogP contribution is -2.33. The molecule has 0 radical (unpaired) electrons. The van der Waals surface area contributed by atoms with E-state index in [1.807, 2.05) is 4.98 Å². The maximum Gasteiger partial charge on any atom is 0.433 e. The van der Waals surface area contributed by atoms with E-state index in [0.29, 0.717) is 22.3 Å². The molecule has 0 amide bonds. The molecular formula is C26H13Cl2F3N6O3. The van der Waals surface area contributed by atoms with Gasteiger partial charge in [0.05, 0.1) is 26.9 Å². The zero-order valence-electron chi connectivity index (χ0n) is 20.0. The molecule has 0 saturated carbocycles. The van der Waals surface area contributed by atoms with Gasteiger partial charge in [-0.2, -0.15) is 23.1 Å². The Labute approximate surface area is 232 Å². The Bertz CT molecular complexity index is 1960. The van der Waals surface area contributed by atoms with Crippen molar-refractivity contribution in [2.45, 2.75) is 13.1 Å². The topological polar surface area (TPSA) is 127 Å². The van der Waals surface area contributed by atoms with Crippen LogP contribution in [0.4, 0.5) is 13.2 Å². The number of nitrogens with one attached hydrogen (secondary N) is 1. The summed E-state index contributed by atoms with van der Waals surface area (Å²) >= 11 is 12.8. The van der Waals surface area contributed by atoms with Gasteiger partial charge in [0.25, 0.3) is 5.56 Å². The zero-order chi connectivity index (χ0) is 28.8. The third kappa shape index (κ3) is 5.12. The fourth-order valence-electron chi connectivity index (χ4n) is 3.86. The highest BCUT2D eigenvalue weighted by atomic mass is 35.5. The van der Waals surface area contributed by atoms with Crippen molar-refractivity contribution in [3.05, 3.63) is 103 Å². The van der Waals surface area contributed by atoms with E-state index in [1.165, 1.54) is 18.2 Å². The summed E-state index contributed by atoms with van der Waals surface area (Å²) in [5.74, 6) is 0.388. The number of benzene rings is 2. The Kier molecular flexibility index (Phi) is 6.79. The number of ether oxygens (including phenoxy) is 1. The third-order valence-corrected chi connectivity index (χ3v) is 6.28. The zero-order valence-corrected chi connectivity index (χ0v) is 21.6. The number of pyridine rings is 2. The maximum absolute atomic E-state index is 13.1. The Morgan fingerprint density at radius 3 is 2.45 bits per heavy atom. The Balaban J connectivity index is 1.49. The molecule has 5 aromatic rings. The molecule has 0 aliphatic rings. The quantitative estimate of drug-likeness (QED) is 0.281. The van der Waals surface area contributed by atoms with Gasteiger partial charge in [0.1, 0.15) is 17.5 Å². The van der Waals surface area contributed by atoms with Gasteiger partial charge in [-0.3, -0.25) is 14.8 Å². The smallest absolute Gasteiger partial charge is 0.433 e. The summed E-state index contributed by atoms with van der Waals surface area (Å²) < 4.78 is 46.0. The first-order valence-electron chi connectivity index (χ1n) is 11.2. The predicted octanol–water partition coefficient (Wildman–Crippen LogP) is 5.83. The minimum absolute atomic E-state index is 0.00403. The van der Waals surface area contributed by atoms with Gasteiger partial charge in [-0.1, -0.05) is 23.2 Å². The van der Waals surface area contributed by atoms with Crippen LogP contribution in [-0.4, -0.2) is 24.7 Å². The summed E-state index contributed by atoms with van der Waals surface area (Å²) in [4.78, 5) is 33.7. The van der Waals surface area contributed by atoms with E-state index in [9.17, 15) is 22.8 Å². The fourth-order valence-corrected chi connectivity index (χ4v) is 4.41. The summed E-state index contributed by atoms with van der Waals surface area (Å²) in [5.41, 5.74) is -1.44. The van der Waals surface area contributed by atoms with E-state index in [0.717, 1.165) is 22.5 Å². The minimum atomic E-state index is -4.58. The predicted molar refractivity (Wildman–Crippen MR) is 140 cm³/mol. The van der Waals surface area contributed by atoms with Crippen LogP contribution in [0.1, 0.15) is 17.0 Å². The molecule has 3 heterocycles. The number of aromatic amines is 1. The molecule has 0 unspecified atom stereocenters. The van der Waals surface area contributed by atoms with Crippen LogP contribution >= 0.6 is 23.2 Å². The summed E-state index contributed by atoms with van der Waals surface area (Å²) in [6.45, 7) is 1.78. The number of nitriles is 1. The lowest BCUT2D eigenvalue weighted by atomic mass is 10.0. The van der Waals surface area contributed by atoms with E-state index in [4.69, 9.17) is 33.2 Å². The first kappa shape index (κ1) is 26.9. The van der Waals surface area contributed by atoms with Crippen LogP contribution in [0.15, 0.2) is 64.3 Å². The van der Waals surface area contributed by atoms with E-state index in [1.54, 1.807) is 37.3 Å². The number of hydrogen-bond acceptors (Lipinski definition) is 7. The molecular weight excluding hydrogens is 572 g/mol. The Morgan fingerprint density at radius 1 is 1.05 bits per heavy atom. The van der Waals surface area contributed by atoms with Crippen molar-refractivity contribution in [1.82, 2.24) is 24.7 Å². The number of hydrogen-bond donors (Lipinski definition) is 1. The molecule has 0 bridgehead atoms. The number of nitrogens with zero attached hydrogens (tertiary/aromatic N) is 5. The van der Waals surface area contributed by atoms with Crippen molar-refractivity contribution in [2.75, 3.05) is 0 Å². The molecule has 0 aliphatic carbocycles. The van der Waals surface area contributed by atoms with Crippen LogP contribution in [0, 0.1) is 18.3 Å². The first-order chi connectivity index (χ1) is 18.9. The van der Waals surface area contributed by atoms with Crippen molar-refractivity contribution in [2.24, 2.45) is 0 Å². The average molecular weight is 585 g/mol. The standard InChI is InChI=1S/C26H13Cl2F3N6O3/c1-12-6-20(13-4-5-33-22(7-13)26(29,30)31)34-19-3-2-15(10-16(12)19)40-23-17(27)8-14(9-18(23)28)37-25(39)35-24(38)21(11-32)36-37/h2-10H,1H3,(H,35,38,39). The van der Waals surface area contributed by atoms with Crippen molar-refractivity contribution < 1.29 is 17.9 Å². The molecule has 40 heavy (non-hydrogen) atoms. The summed E-state index contributed by atoms with van der Waals surface area (Å²) in [7, 11) is 0. The van der Waals surface area contributed by atoms with Gasteiger partial charge >= 0.3 is 11.9 Å². The number of halogens is 5. The van der Waals surface area contributed by atoms with Gasteiger partial charge in [0.2, 0.25) is 5.69 Å². The highest BCUT2D eigenvalue weighted by Crippen LogP contribution is 2.39. The second-order valence-corrected chi connectivity index (χ2v) is 9.22. The van der Waals surface area contributed by atoms with E-state index in [-0.39, 0.29) is 27.0 Å². The van der Waals surface area contributed by atoms with Crippen LogP contribution in [0.25, 0.3) is 27.8 Å². The number of fused-ring (bicyclic) bond motifs is 1. The molecule has 0 aliphatic heterocycles. The molecule has 2 aromatic carbocycles. The van der Waals surface area contributed by atoms with E-state index >= 15 is 0 Å². The lowest BCUT2D eigenvalue weighted by molar-refractivity contribution is -0.141. The van der Waals surface area contributed by atoms with Crippen molar-refractivity contribution >= 4 is 34.1 Å². The Morgan fingerprint density at radius 2 is 1.77 bits per heavy atom. The molecule has 0 saturated heterocycles.